The number of unbranched alkanes of at least 4 members (excludes halogenated alkanes) is 1. The van der Waals surface area contributed by atoms with Gasteiger partial charge in [0.15, 0.2) is 5.78 Å². The van der Waals surface area contributed by atoms with Gasteiger partial charge in [-0.3, -0.25) is 9.59 Å². The van der Waals surface area contributed by atoms with Crippen LogP contribution in [0.15, 0.2) is 0 Å². The lowest BCUT2D eigenvalue weighted by atomic mass is 9.82. The second-order valence-corrected chi connectivity index (χ2v) is 8.44. The van der Waals surface area contributed by atoms with Crippen LogP contribution in [0, 0.1) is 17.8 Å². The van der Waals surface area contributed by atoms with Crippen LogP contribution in [-0.2, 0) is 19.1 Å². The minimum absolute atomic E-state index is 0.0609. The molecule has 0 spiro atoms. The summed E-state index contributed by atoms with van der Waals surface area (Å²) < 4.78 is 11.4. The quantitative estimate of drug-likeness (QED) is 0.430. The molecule has 0 aromatic rings. The first-order valence-electron chi connectivity index (χ1n) is 11.1. The number of hydrogen-bond acceptors (Lipinski definition) is 5. The van der Waals surface area contributed by atoms with Gasteiger partial charge in [-0.25, -0.2) is 4.79 Å². The van der Waals surface area contributed by atoms with E-state index in [2.05, 4.69) is 12.2 Å². The van der Waals surface area contributed by atoms with Gasteiger partial charge >= 0.3 is 12.1 Å². The van der Waals surface area contributed by atoms with E-state index in [1.54, 1.807) is 0 Å². The number of nitrogens with one attached hydrogen (secondary N) is 1. The summed E-state index contributed by atoms with van der Waals surface area (Å²) in [5.41, 5.74) is 0. The van der Waals surface area contributed by atoms with Gasteiger partial charge in [0.25, 0.3) is 0 Å². The first kappa shape index (κ1) is 25.4. The zero-order valence-electron chi connectivity index (χ0n) is 18.4. The Hall–Kier alpha value is -1.63. The van der Waals surface area contributed by atoms with Crippen LogP contribution < -0.4 is 5.32 Å². The number of hydrogen-bond donors (Lipinski definition) is 2. The first-order valence-corrected chi connectivity index (χ1v) is 11.1. The molecule has 1 aliphatic carbocycles. The van der Waals surface area contributed by atoms with Crippen LogP contribution in [0.1, 0.15) is 85.5 Å². The smallest absolute Gasteiger partial charge is 0.409 e. The molecule has 2 atom stereocenters. The molecule has 0 aromatic heterocycles. The van der Waals surface area contributed by atoms with Gasteiger partial charge in [-0.15, -0.1) is 0 Å². The van der Waals surface area contributed by atoms with E-state index >= 15 is 0 Å². The summed E-state index contributed by atoms with van der Waals surface area (Å²) in [7, 11) is 0. The molecule has 1 fully saturated rings. The number of aliphatic carboxylic acids is 1. The highest BCUT2D eigenvalue weighted by Gasteiger charge is 2.29. The number of carboxylic acids is 1. The maximum atomic E-state index is 12.4. The fourth-order valence-electron chi connectivity index (χ4n) is 3.57. The number of ether oxygens (including phenoxy) is 2. The van der Waals surface area contributed by atoms with Crippen molar-refractivity contribution < 1.29 is 29.0 Å². The predicted molar refractivity (Wildman–Crippen MR) is 111 cm³/mol. The molecule has 168 valence electrons. The van der Waals surface area contributed by atoms with Crippen molar-refractivity contribution in [2.45, 2.75) is 97.9 Å². The van der Waals surface area contributed by atoms with Crippen molar-refractivity contribution in [3.8, 4) is 0 Å². The Kier molecular flexibility index (Phi) is 11.9. The predicted octanol–water partition coefficient (Wildman–Crippen LogP) is 4.53. The SMILES string of the molecule is CCCCC(OC(OC(=O)NCC1CCC(C(=O)O)CC1)C(C)C)C(=O)CCC. The monoisotopic (exact) mass is 413 g/mol. The van der Waals surface area contributed by atoms with Gasteiger partial charge in [-0.2, -0.15) is 0 Å². The Balaban J connectivity index is 2.51. The van der Waals surface area contributed by atoms with Gasteiger partial charge in [0.2, 0.25) is 6.29 Å². The Morgan fingerprint density at radius 1 is 1.07 bits per heavy atom. The van der Waals surface area contributed by atoms with Crippen molar-refractivity contribution in [1.29, 1.82) is 0 Å². The highest BCUT2D eigenvalue weighted by atomic mass is 16.7. The molecule has 1 rings (SSSR count). The van der Waals surface area contributed by atoms with E-state index in [4.69, 9.17) is 14.6 Å². The highest BCUT2D eigenvalue weighted by Crippen LogP contribution is 2.28. The fourth-order valence-corrected chi connectivity index (χ4v) is 3.57. The maximum absolute atomic E-state index is 12.4. The van der Waals surface area contributed by atoms with E-state index in [9.17, 15) is 14.4 Å². The van der Waals surface area contributed by atoms with Crippen LogP contribution in [0.2, 0.25) is 0 Å². The summed E-state index contributed by atoms with van der Waals surface area (Å²) in [5, 5.41) is 11.8. The Labute approximate surface area is 174 Å². The summed E-state index contributed by atoms with van der Waals surface area (Å²) >= 11 is 0. The lowest BCUT2D eigenvalue weighted by Crippen LogP contribution is -2.39. The fraction of sp³-hybridized carbons (Fsp3) is 0.864. The lowest BCUT2D eigenvalue weighted by Gasteiger charge is -2.28. The Bertz CT molecular complexity index is 513. The van der Waals surface area contributed by atoms with Crippen molar-refractivity contribution in [2.24, 2.45) is 17.8 Å². The minimum Gasteiger partial charge on any atom is -0.481 e. The van der Waals surface area contributed by atoms with E-state index in [0.29, 0.717) is 32.2 Å². The molecule has 2 N–H and O–H groups in total. The average Bonchev–Trinajstić information content (AvgIpc) is 2.68. The molecule has 0 saturated heterocycles. The third-order valence-corrected chi connectivity index (χ3v) is 5.47. The molecule has 0 bridgehead atoms. The van der Waals surface area contributed by atoms with Crippen molar-refractivity contribution in [1.82, 2.24) is 5.32 Å². The van der Waals surface area contributed by atoms with Crippen LogP contribution in [0.25, 0.3) is 0 Å². The number of ketones is 1. The molecule has 1 amide bonds. The van der Waals surface area contributed by atoms with E-state index in [-0.39, 0.29) is 23.5 Å². The molecule has 0 heterocycles. The Morgan fingerprint density at radius 3 is 2.24 bits per heavy atom. The van der Waals surface area contributed by atoms with Crippen molar-refractivity contribution in [3.63, 3.8) is 0 Å². The molecule has 1 saturated carbocycles. The van der Waals surface area contributed by atoms with Crippen molar-refractivity contribution in [3.05, 3.63) is 0 Å². The van der Waals surface area contributed by atoms with Gasteiger partial charge < -0.3 is 19.9 Å². The average molecular weight is 414 g/mol. The first-order chi connectivity index (χ1) is 13.8. The van der Waals surface area contributed by atoms with Crippen LogP contribution in [-0.4, -0.2) is 41.9 Å². The summed E-state index contributed by atoms with van der Waals surface area (Å²) in [6.07, 6.45) is 4.71. The van der Waals surface area contributed by atoms with Gasteiger partial charge in [0.1, 0.15) is 6.10 Å². The maximum Gasteiger partial charge on any atom is 0.409 e. The summed E-state index contributed by atoms with van der Waals surface area (Å²) in [6, 6.07) is 0. The number of Topliss-reactive ketones (excluding diaryl/α,β-unsaturated/α-hetero) is 1. The van der Waals surface area contributed by atoms with Crippen LogP contribution in [0.5, 0.6) is 0 Å². The van der Waals surface area contributed by atoms with Crippen LogP contribution in [0.4, 0.5) is 4.79 Å². The van der Waals surface area contributed by atoms with Crippen LogP contribution >= 0.6 is 0 Å². The standard InChI is InChI=1S/C22H39NO6/c1-5-7-9-19(18(24)8-6-2)28-21(15(3)4)29-22(27)23-14-16-10-12-17(13-11-16)20(25)26/h15-17,19,21H,5-14H2,1-4H3,(H,23,27)(H,25,26). The summed E-state index contributed by atoms with van der Waals surface area (Å²) in [4.78, 5) is 35.7. The van der Waals surface area contributed by atoms with Crippen molar-refractivity contribution >= 4 is 17.8 Å². The van der Waals surface area contributed by atoms with Crippen molar-refractivity contribution in [2.75, 3.05) is 6.54 Å². The number of amides is 1. The largest absolute Gasteiger partial charge is 0.481 e. The van der Waals surface area contributed by atoms with Gasteiger partial charge in [0, 0.05) is 18.9 Å². The summed E-state index contributed by atoms with van der Waals surface area (Å²) in [6.45, 7) is 8.28. The third-order valence-electron chi connectivity index (χ3n) is 5.47. The molecule has 29 heavy (non-hydrogen) atoms. The van der Waals surface area contributed by atoms with Gasteiger partial charge in [0.05, 0.1) is 5.92 Å². The Morgan fingerprint density at radius 2 is 1.72 bits per heavy atom. The molecular weight excluding hydrogens is 374 g/mol. The number of rotatable bonds is 13. The van der Waals surface area contributed by atoms with Crippen LogP contribution in [0.3, 0.4) is 0 Å². The second kappa shape index (κ2) is 13.6. The van der Waals surface area contributed by atoms with E-state index in [1.807, 2.05) is 20.8 Å². The molecule has 0 aliphatic heterocycles. The van der Waals surface area contributed by atoms with Gasteiger partial charge in [-0.1, -0.05) is 40.5 Å². The zero-order valence-corrected chi connectivity index (χ0v) is 18.4. The topological polar surface area (TPSA) is 102 Å². The highest BCUT2D eigenvalue weighted by molar-refractivity contribution is 5.83. The van der Waals surface area contributed by atoms with Gasteiger partial charge in [-0.05, 0) is 44.4 Å². The second-order valence-electron chi connectivity index (χ2n) is 8.44. The number of carbonyl (C=O) groups excluding carboxylic acids is 2. The molecule has 2 unspecified atom stereocenters. The molecule has 7 heteroatoms. The third kappa shape index (κ3) is 9.61. The molecule has 1 aliphatic rings. The molecule has 0 radical (unpaired) electrons. The minimum atomic E-state index is -0.777. The molecular formula is C22H39NO6. The number of carboxylic acid groups (broad SMARTS) is 1. The van der Waals surface area contributed by atoms with E-state index < -0.39 is 24.5 Å². The summed E-state index contributed by atoms with van der Waals surface area (Å²) in [5.74, 6) is -0.753. The lowest BCUT2D eigenvalue weighted by molar-refractivity contribution is -0.173. The van der Waals surface area contributed by atoms with E-state index in [1.165, 1.54) is 0 Å². The molecule has 7 nitrogen and oxygen atoms in total. The number of carbonyl (C=O) groups is 3. The zero-order chi connectivity index (χ0) is 21.8. The van der Waals surface area contributed by atoms with E-state index in [0.717, 1.165) is 32.1 Å². The number of alkyl carbamates (subject to hydrolysis) is 1. The molecule has 0 aromatic carbocycles. The normalized spacial score (nSPS) is 21.4.